The van der Waals surface area contributed by atoms with Crippen molar-refractivity contribution in [2.75, 3.05) is 5.43 Å². The summed E-state index contributed by atoms with van der Waals surface area (Å²) in [5, 5.41) is 4.91. The van der Waals surface area contributed by atoms with Crippen LogP contribution >= 0.6 is 27.3 Å². The maximum atomic E-state index is 13.1. The SMILES string of the molecule is Cc1nn(CC(=O)Nn2c(C)nc3sc4c(c3c2=O)CCC(C)C4)cc1Br. The fourth-order valence-corrected chi connectivity index (χ4v) is 5.24. The number of rotatable bonds is 3. The second kappa shape index (κ2) is 6.87. The number of carbonyl (C=O) groups is 1. The quantitative estimate of drug-likeness (QED) is 0.666. The van der Waals surface area contributed by atoms with Gasteiger partial charge in [-0.15, -0.1) is 11.3 Å². The van der Waals surface area contributed by atoms with Crippen LogP contribution < -0.4 is 11.0 Å². The van der Waals surface area contributed by atoms with E-state index in [1.165, 1.54) is 14.2 Å². The van der Waals surface area contributed by atoms with Crippen LogP contribution in [0.4, 0.5) is 0 Å². The van der Waals surface area contributed by atoms with Crippen molar-refractivity contribution in [3.63, 3.8) is 0 Å². The average molecular weight is 450 g/mol. The Kier molecular flexibility index (Phi) is 4.67. The third kappa shape index (κ3) is 3.34. The summed E-state index contributed by atoms with van der Waals surface area (Å²) in [7, 11) is 0. The van der Waals surface area contributed by atoms with E-state index in [9.17, 15) is 9.59 Å². The van der Waals surface area contributed by atoms with E-state index >= 15 is 0 Å². The molecule has 3 heterocycles. The molecule has 1 unspecified atom stereocenters. The number of hydrogen-bond acceptors (Lipinski definition) is 5. The van der Waals surface area contributed by atoms with Gasteiger partial charge in [-0.1, -0.05) is 6.92 Å². The molecule has 0 fully saturated rings. The summed E-state index contributed by atoms with van der Waals surface area (Å²) < 4.78 is 3.64. The Labute approximate surface area is 168 Å². The van der Waals surface area contributed by atoms with E-state index in [4.69, 9.17) is 0 Å². The molecule has 3 aromatic heterocycles. The van der Waals surface area contributed by atoms with E-state index < -0.39 is 0 Å². The summed E-state index contributed by atoms with van der Waals surface area (Å²) in [6.07, 6.45) is 4.70. The molecule has 1 N–H and O–H groups in total. The van der Waals surface area contributed by atoms with Gasteiger partial charge in [0.15, 0.2) is 0 Å². The molecule has 1 atom stereocenters. The second-order valence-corrected chi connectivity index (χ2v) is 9.06. The lowest BCUT2D eigenvalue weighted by molar-refractivity contribution is -0.117. The van der Waals surface area contributed by atoms with Crippen molar-refractivity contribution in [2.24, 2.45) is 5.92 Å². The predicted octanol–water partition coefficient (Wildman–Crippen LogP) is 2.93. The summed E-state index contributed by atoms with van der Waals surface area (Å²) in [6, 6.07) is 0. The zero-order valence-electron chi connectivity index (χ0n) is 15.4. The van der Waals surface area contributed by atoms with E-state index in [0.717, 1.165) is 39.8 Å². The third-order valence-corrected chi connectivity index (χ3v) is 6.85. The molecule has 0 bridgehead atoms. The van der Waals surface area contributed by atoms with Gasteiger partial charge in [-0.3, -0.25) is 19.7 Å². The Morgan fingerprint density at radius 3 is 2.93 bits per heavy atom. The van der Waals surface area contributed by atoms with Crippen LogP contribution in [0.5, 0.6) is 0 Å². The molecule has 0 saturated heterocycles. The zero-order valence-corrected chi connectivity index (χ0v) is 17.8. The number of aromatic nitrogens is 4. The van der Waals surface area contributed by atoms with Crippen molar-refractivity contribution in [3.05, 3.63) is 43.0 Å². The Balaban J connectivity index is 1.67. The number of nitrogens with zero attached hydrogens (tertiary/aromatic N) is 4. The van der Waals surface area contributed by atoms with E-state index in [1.807, 2.05) is 6.92 Å². The lowest BCUT2D eigenvalue weighted by Gasteiger charge is -2.17. The Morgan fingerprint density at radius 2 is 2.22 bits per heavy atom. The molecular formula is C18H20BrN5O2S. The van der Waals surface area contributed by atoms with Crippen LogP contribution in [0.25, 0.3) is 10.2 Å². The van der Waals surface area contributed by atoms with Crippen LogP contribution in [0.1, 0.15) is 35.3 Å². The Hall–Kier alpha value is -2.00. The van der Waals surface area contributed by atoms with Gasteiger partial charge >= 0.3 is 0 Å². The molecule has 4 rings (SSSR count). The summed E-state index contributed by atoms with van der Waals surface area (Å²) in [4.78, 5) is 32.1. The fraction of sp³-hybridized carbons (Fsp3) is 0.444. The van der Waals surface area contributed by atoms with Crippen LogP contribution in [0.3, 0.4) is 0 Å². The normalized spacial score (nSPS) is 16.5. The van der Waals surface area contributed by atoms with Gasteiger partial charge in [-0.05, 0) is 60.5 Å². The molecule has 0 radical (unpaired) electrons. The summed E-state index contributed by atoms with van der Waals surface area (Å²) in [6.45, 7) is 5.85. The molecule has 0 saturated carbocycles. The van der Waals surface area contributed by atoms with Gasteiger partial charge in [0.25, 0.3) is 11.5 Å². The number of nitrogens with one attached hydrogen (secondary N) is 1. The largest absolute Gasteiger partial charge is 0.281 e. The lowest BCUT2D eigenvalue weighted by atomic mass is 9.89. The highest BCUT2D eigenvalue weighted by molar-refractivity contribution is 9.10. The maximum absolute atomic E-state index is 13.1. The van der Waals surface area contributed by atoms with Gasteiger partial charge in [-0.2, -0.15) is 5.10 Å². The number of fused-ring (bicyclic) bond motifs is 3. The zero-order chi connectivity index (χ0) is 19.3. The molecule has 0 aromatic carbocycles. The van der Waals surface area contributed by atoms with Gasteiger partial charge in [-0.25, -0.2) is 9.66 Å². The third-order valence-electron chi connectivity index (χ3n) is 4.93. The number of halogens is 1. The lowest BCUT2D eigenvalue weighted by Crippen LogP contribution is -2.37. The smallest absolute Gasteiger partial charge is 0.271 e. The maximum Gasteiger partial charge on any atom is 0.281 e. The first-order valence-electron chi connectivity index (χ1n) is 8.86. The van der Waals surface area contributed by atoms with E-state index in [0.29, 0.717) is 17.1 Å². The van der Waals surface area contributed by atoms with Gasteiger partial charge in [0, 0.05) is 11.1 Å². The van der Waals surface area contributed by atoms with Gasteiger partial charge in [0.2, 0.25) is 0 Å². The van der Waals surface area contributed by atoms with Gasteiger partial charge in [0.05, 0.1) is 15.6 Å². The second-order valence-electron chi connectivity index (χ2n) is 7.13. The van der Waals surface area contributed by atoms with Crippen LogP contribution in [-0.2, 0) is 24.2 Å². The number of aryl methyl sites for hydroxylation is 3. The first-order chi connectivity index (χ1) is 12.8. The molecule has 3 aromatic rings. The van der Waals surface area contributed by atoms with Crippen LogP contribution in [0.2, 0.25) is 0 Å². The van der Waals surface area contributed by atoms with Crippen molar-refractivity contribution in [3.8, 4) is 0 Å². The average Bonchev–Trinajstić information content (AvgIpc) is 3.10. The highest BCUT2D eigenvalue weighted by atomic mass is 79.9. The van der Waals surface area contributed by atoms with Gasteiger partial charge < -0.3 is 0 Å². The summed E-state index contributed by atoms with van der Waals surface area (Å²) in [5.41, 5.74) is 4.40. The fourth-order valence-electron chi connectivity index (χ4n) is 3.50. The Bertz CT molecular complexity index is 1090. The molecule has 0 spiro atoms. The number of amides is 1. The minimum absolute atomic E-state index is 0.0234. The number of carbonyl (C=O) groups excluding carboxylic acids is 1. The monoisotopic (exact) mass is 449 g/mol. The summed E-state index contributed by atoms with van der Waals surface area (Å²) >= 11 is 4.99. The van der Waals surface area contributed by atoms with E-state index in [-0.39, 0.29) is 18.0 Å². The Morgan fingerprint density at radius 1 is 1.44 bits per heavy atom. The molecule has 1 aliphatic carbocycles. The molecule has 0 aliphatic heterocycles. The van der Waals surface area contributed by atoms with Crippen molar-refractivity contribution in [1.82, 2.24) is 19.4 Å². The minimum Gasteiger partial charge on any atom is -0.271 e. The molecule has 1 amide bonds. The first kappa shape index (κ1) is 18.4. The van der Waals surface area contributed by atoms with Gasteiger partial charge in [0.1, 0.15) is 17.2 Å². The summed E-state index contributed by atoms with van der Waals surface area (Å²) in [5.74, 6) is 0.782. The minimum atomic E-state index is -0.325. The number of thiophene rings is 1. The standard InChI is InChI=1S/C18H20BrN5O2S/c1-9-4-5-12-14(6-9)27-17-16(12)18(26)24(11(3)20-17)22-15(25)8-23-7-13(19)10(2)21-23/h7,9H,4-6,8H2,1-3H3,(H,22,25). The van der Waals surface area contributed by atoms with Crippen molar-refractivity contribution < 1.29 is 4.79 Å². The predicted molar refractivity (Wildman–Crippen MR) is 109 cm³/mol. The van der Waals surface area contributed by atoms with Crippen molar-refractivity contribution >= 4 is 43.4 Å². The van der Waals surface area contributed by atoms with Crippen LogP contribution in [0.15, 0.2) is 15.5 Å². The van der Waals surface area contributed by atoms with Crippen molar-refractivity contribution in [2.45, 2.75) is 46.6 Å². The highest BCUT2D eigenvalue weighted by Gasteiger charge is 2.24. The first-order valence-corrected chi connectivity index (χ1v) is 10.5. The molecular weight excluding hydrogens is 430 g/mol. The molecule has 27 heavy (non-hydrogen) atoms. The molecule has 9 heteroatoms. The topological polar surface area (TPSA) is 81.8 Å². The molecule has 142 valence electrons. The van der Waals surface area contributed by atoms with E-state index in [1.54, 1.807) is 24.5 Å². The molecule has 7 nitrogen and oxygen atoms in total. The van der Waals surface area contributed by atoms with Crippen LogP contribution in [0, 0.1) is 19.8 Å². The number of hydrogen-bond donors (Lipinski definition) is 1. The van der Waals surface area contributed by atoms with Crippen molar-refractivity contribution in [1.29, 1.82) is 0 Å². The van der Waals surface area contributed by atoms with E-state index in [2.05, 4.69) is 38.4 Å². The van der Waals surface area contributed by atoms with Crippen LogP contribution in [-0.4, -0.2) is 25.3 Å². The molecule has 1 aliphatic rings. The highest BCUT2D eigenvalue weighted by Crippen LogP contribution is 2.35.